The van der Waals surface area contributed by atoms with Crippen molar-refractivity contribution in [2.75, 3.05) is 6.61 Å². The smallest absolute Gasteiger partial charge is 0.0684 e. The normalized spacial score (nSPS) is 14.5. The molecule has 0 aromatic rings. The summed E-state index contributed by atoms with van der Waals surface area (Å²) in [6, 6.07) is 0. The topological polar surface area (TPSA) is 20.2 Å². The highest BCUT2D eigenvalue weighted by Gasteiger charge is 1.91. The van der Waals surface area contributed by atoms with Crippen molar-refractivity contribution in [3.8, 4) is 0 Å². The molecule has 0 bridgehead atoms. The van der Waals surface area contributed by atoms with Gasteiger partial charge in [0.05, 0.1) is 2.83 Å². The standard InChI is InChI=1S/C3H6BrIO/c4-3(5)1-2-6/h3,6H,1-2H2. The minimum atomic E-state index is 0.277. The Labute approximate surface area is 59.4 Å². The number of alkyl halides is 2. The SMILES string of the molecule is OCCC(Br)I. The second-order valence-corrected chi connectivity index (χ2v) is 5.22. The van der Waals surface area contributed by atoms with Gasteiger partial charge in [0.15, 0.2) is 0 Å². The Kier molecular flexibility index (Phi) is 5.18. The lowest BCUT2D eigenvalue weighted by molar-refractivity contribution is 0.295. The Morgan fingerprint density at radius 2 is 2.33 bits per heavy atom. The molecule has 0 radical (unpaired) electrons. The van der Waals surface area contributed by atoms with Crippen LogP contribution in [0.3, 0.4) is 0 Å². The molecule has 1 unspecified atom stereocenters. The molecule has 1 N–H and O–H groups in total. The molecule has 0 saturated heterocycles. The van der Waals surface area contributed by atoms with Crippen LogP contribution < -0.4 is 0 Å². The highest BCUT2D eigenvalue weighted by Crippen LogP contribution is 2.11. The van der Waals surface area contributed by atoms with E-state index in [-0.39, 0.29) is 6.61 Å². The molecule has 0 aromatic carbocycles. The largest absolute Gasteiger partial charge is 0.396 e. The zero-order valence-corrected chi connectivity index (χ0v) is 6.94. The molecule has 0 fully saturated rings. The van der Waals surface area contributed by atoms with Gasteiger partial charge in [0.1, 0.15) is 0 Å². The third-order valence-electron chi connectivity index (χ3n) is 0.347. The van der Waals surface area contributed by atoms with Crippen LogP contribution in [-0.4, -0.2) is 14.5 Å². The Morgan fingerprint density at radius 3 is 2.33 bits per heavy atom. The average molecular weight is 265 g/mol. The molecular formula is C3H6BrIO. The van der Waals surface area contributed by atoms with Crippen molar-refractivity contribution in [3.05, 3.63) is 0 Å². The van der Waals surface area contributed by atoms with E-state index in [9.17, 15) is 0 Å². The predicted octanol–water partition coefficient (Wildman–Crippen LogP) is 1.52. The Balaban J connectivity index is 2.63. The molecule has 0 aromatic heterocycles. The summed E-state index contributed by atoms with van der Waals surface area (Å²) in [6.45, 7) is 0.277. The maximum absolute atomic E-state index is 8.20. The number of halogens is 2. The quantitative estimate of drug-likeness (QED) is 0.593. The van der Waals surface area contributed by atoms with Gasteiger partial charge in [-0.3, -0.25) is 0 Å². The van der Waals surface area contributed by atoms with Crippen LogP contribution in [0.2, 0.25) is 0 Å². The van der Waals surface area contributed by atoms with Crippen molar-refractivity contribution in [3.63, 3.8) is 0 Å². The van der Waals surface area contributed by atoms with Crippen molar-refractivity contribution in [2.24, 2.45) is 0 Å². The predicted molar refractivity (Wildman–Crippen MR) is 38.4 cm³/mol. The molecular weight excluding hydrogens is 259 g/mol. The fourth-order valence-electron chi connectivity index (χ4n) is 0.0976. The number of rotatable bonds is 2. The number of aliphatic hydroxyl groups is 1. The number of aliphatic hydroxyl groups excluding tert-OH is 1. The van der Waals surface area contributed by atoms with Crippen LogP contribution >= 0.6 is 38.5 Å². The van der Waals surface area contributed by atoms with Crippen molar-refractivity contribution in [2.45, 2.75) is 9.25 Å². The van der Waals surface area contributed by atoms with Gasteiger partial charge in [0, 0.05) is 6.61 Å². The van der Waals surface area contributed by atoms with Gasteiger partial charge in [-0.1, -0.05) is 38.5 Å². The summed E-state index contributed by atoms with van der Waals surface area (Å²) in [5.41, 5.74) is 0. The molecule has 0 rings (SSSR count). The maximum atomic E-state index is 8.20. The second kappa shape index (κ2) is 4.33. The van der Waals surface area contributed by atoms with Gasteiger partial charge in [0.2, 0.25) is 0 Å². The van der Waals surface area contributed by atoms with Crippen LogP contribution in [0.5, 0.6) is 0 Å². The van der Waals surface area contributed by atoms with E-state index in [1.165, 1.54) is 0 Å². The first-order valence-corrected chi connectivity index (χ1v) is 3.82. The number of hydrogen-bond acceptors (Lipinski definition) is 1. The summed E-state index contributed by atoms with van der Waals surface area (Å²) >= 11 is 5.46. The minimum Gasteiger partial charge on any atom is -0.396 e. The summed E-state index contributed by atoms with van der Waals surface area (Å²) in [6.07, 6.45) is 0.834. The van der Waals surface area contributed by atoms with E-state index in [0.717, 1.165) is 6.42 Å². The molecule has 0 aliphatic rings. The summed E-state index contributed by atoms with van der Waals surface area (Å²) in [7, 11) is 0. The molecule has 1 atom stereocenters. The fourth-order valence-corrected chi connectivity index (χ4v) is 0.581. The van der Waals surface area contributed by atoms with E-state index < -0.39 is 0 Å². The molecule has 0 saturated carbocycles. The Morgan fingerprint density at radius 1 is 1.83 bits per heavy atom. The van der Waals surface area contributed by atoms with Crippen LogP contribution in [0.1, 0.15) is 6.42 Å². The molecule has 0 heterocycles. The van der Waals surface area contributed by atoms with Gasteiger partial charge in [-0.15, -0.1) is 0 Å². The maximum Gasteiger partial charge on any atom is 0.0684 e. The van der Waals surface area contributed by atoms with Gasteiger partial charge in [-0.25, -0.2) is 0 Å². The Hall–Kier alpha value is 1.17. The zero-order valence-electron chi connectivity index (χ0n) is 3.19. The first-order chi connectivity index (χ1) is 2.77. The molecule has 38 valence electrons. The lowest BCUT2D eigenvalue weighted by Gasteiger charge is -1.91. The lowest BCUT2D eigenvalue weighted by Crippen LogP contribution is -1.88. The van der Waals surface area contributed by atoms with E-state index in [1.54, 1.807) is 0 Å². The lowest BCUT2D eigenvalue weighted by atomic mass is 10.5. The van der Waals surface area contributed by atoms with E-state index >= 15 is 0 Å². The summed E-state index contributed by atoms with van der Waals surface area (Å²) < 4.78 is 0.431. The van der Waals surface area contributed by atoms with Crippen molar-refractivity contribution < 1.29 is 5.11 Å². The first-order valence-electron chi connectivity index (χ1n) is 1.66. The molecule has 0 aliphatic heterocycles. The van der Waals surface area contributed by atoms with E-state index in [1.807, 2.05) is 0 Å². The molecule has 1 nitrogen and oxygen atoms in total. The van der Waals surface area contributed by atoms with Crippen LogP contribution in [0.4, 0.5) is 0 Å². The zero-order chi connectivity index (χ0) is 4.99. The molecule has 0 amide bonds. The summed E-state index contributed by atoms with van der Waals surface area (Å²) in [4.78, 5) is 0. The minimum absolute atomic E-state index is 0.277. The Bertz CT molecular complexity index is 32.0. The van der Waals surface area contributed by atoms with E-state index in [0.29, 0.717) is 2.83 Å². The fraction of sp³-hybridized carbons (Fsp3) is 1.00. The molecule has 3 heteroatoms. The monoisotopic (exact) mass is 264 g/mol. The van der Waals surface area contributed by atoms with Crippen LogP contribution in [-0.2, 0) is 0 Å². The second-order valence-electron chi connectivity index (χ2n) is 0.903. The van der Waals surface area contributed by atoms with Gasteiger partial charge in [-0.05, 0) is 6.42 Å². The third-order valence-corrected chi connectivity index (χ3v) is 1.43. The van der Waals surface area contributed by atoms with Crippen LogP contribution in [0.25, 0.3) is 0 Å². The summed E-state index contributed by atoms with van der Waals surface area (Å²) in [5, 5.41) is 8.20. The van der Waals surface area contributed by atoms with Gasteiger partial charge in [-0.2, -0.15) is 0 Å². The van der Waals surface area contributed by atoms with Crippen molar-refractivity contribution >= 4 is 38.5 Å². The molecule has 6 heavy (non-hydrogen) atoms. The van der Waals surface area contributed by atoms with Gasteiger partial charge >= 0.3 is 0 Å². The van der Waals surface area contributed by atoms with Crippen LogP contribution in [0.15, 0.2) is 0 Å². The van der Waals surface area contributed by atoms with Crippen molar-refractivity contribution in [1.82, 2.24) is 0 Å². The third kappa shape index (κ3) is 5.17. The molecule has 0 aliphatic carbocycles. The van der Waals surface area contributed by atoms with Crippen molar-refractivity contribution in [1.29, 1.82) is 0 Å². The highest BCUT2D eigenvalue weighted by molar-refractivity contribution is 14.1. The molecule has 0 spiro atoms. The average Bonchev–Trinajstić information content (AvgIpc) is 1.35. The first kappa shape index (κ1) is 7.17. The van der Waals surface area contributed by atoms with Crippen LogP contribution in [0, 0.1) is 0 Å². The van der Waals surface area contributed by atoms with Gasteiger partial charge in [0.25, 0.3) is 0 Å². The van der Waals surface area contributed by atoms with Gasteiger partial charge < -0.3 is 5.11 Å². The van der Waals surface area contributed by atoms with E-state index in [2.05, 4.69) is 38.5 Å². The summed E-state index contributed by atoms with van der Waals surface area (Å²) in [5.74, 6) is 0. The van der Waals surface area contributed by atoms with E-state index in [4.69, 9.17) is 5.11 Å². The highest BCUT2D eigenvalue weighted by atomic mass is 127. The number of hydrogen-bond donors (Lipinski definition) is 1.